The predicted molar refractivity (Wildman–Crippen MR) is 73.9 cm³/mol. The van der Waals surface area contributed by atoms with Crippen LogP contribution in [0.4, 0.5) is 5.82 Å². The van der Waals surface area contributed by atoms with Gasteiger partial charge in [-0.25, -0.2) is 4.98 Å². The summed E-state index contributed by atoms with van der Waals surface area (Å²) in [5.41, 5.74) is 6.98. The highest BCUT2D eigenvalue weighted by atomic mass is 16.5. The van der Waals surface area contributed by atoms with Crippen LogP contribution in [0.2, 0.25) is 0 Å². The van der Waals surface area contributed by atoms with Crippen molar-refractivity contribution in [1.29, 1.82) is 0 Å². The number of hydrogen-bond donors (Lipinski definition) is 1. The van der Waals surface area contributed by atoms with E-state index in [-0.39, 0.29) is 5.91 Å². The summed E-state index contributed by atoms with van der Waals surface area (Å²) in [7, 11) is 1.77. The number of likely N-dealkylation sites (N-methyl/N-ethyl adjacent to an activating group) is 1. The number of anilines is 1. The molecule has 0 aliphatic heterocycles. The maximum absolute atomic E-state index is 12.2. The van der Waals surface area contributed by atoms with Gasteiger partial charge in [0, 0.05) is 31.5 Å². The maximum Gasteiger partial charge on any atom is 0.253 e. The number of aryl methyl sites for hydroxylation is 1. The lowest BCUT2D eigenvalue weighted by molar-refractivity contribution is 0.0681. The molecule has 1 aromatic rings. The molecule has 0 spiro atoms. The summed E-state index contributed by atoms with van der Waals surface area (Å²) in [5.74, 6) is 1.08. The van der Waals surface area contributed by atoms with Crippen LogP contribution in [0, 0.1) is 12.8 Å². The van der Waals surface area contributed by atoms with Gasteiger partial charge in [0.25, 0.3) is 5.91 Å². The molecule has 1 amide bonds. The minimum Gasteiger partial charge on any atom is -0.384 e. The minimum atomic E-state index is -0.0489. The zero-order valence-corrected chi connectivity index (χ0v) is 11.6. The minimum absolute atomic E-state index is 0.0489. The summed E-state index contributed by atoms with van der Waals surface area (Å²) in [6, 6.07) is 3.36. The Morgan fingerprint density at radius 3 is 2.89 bits per heavy atom. The van der Waals surface area contributed by atoms with Crippen LogP contribution >= 0.6 is 0 Å². The molecule has 19 heavy (non-hydrogen) atoms. The molecular weight excluding hydrogens is 242 g/mol. The number of ether oxygens (including phenoxy) is 1. The molecule has 1 saturated carbocycles. The molecule has 0 saturated heterocycles. The van der Waals surface area contributed by atoms with Crippen LogP contribution in [-0.2, 0) is 4.74 Å². The second-order valence-corrected chi connectivity index (χ2v) is 5.17. The van der Waals surface area contributed by atoms with Crippen molar-refractivity contribution < 1.29 is 9.53 Å². The Bertz CT molecular complexity index is 438. The zero-order valence-electron chi connectivity index (χ0n) is 11.6. The topological polar surface area (TPSA) is 68.5 Å². The number of nitrogens with two attached hydrogens (primary N) is 1. The maximum atomic E-state index is 12.2. The molecule has 0 aromatic carbocycles. The van der Waals surface area contributed by atoms with Crippen molar-refractivity contribution in [3.8, 4) is 0 Å². The first-order valence-electron chi connectivity index (χ1n) is 6.63. The lowest BCUT2D eigenvalue weighted by Crippen LogP contribution is -2.30. The fourth-order valence-corrected chi connectivity index (χ4v) is 1.88. The standard InChI is InChI=1S/C14H21N3O2/c1-10-7-12(8-13(15)16-10)14(18)17(2)5-6-19-9-11-3-4-11/h7-8,11H,3-6,9H2,1-2H3,(H2,15,16). The van der Waals surface area contributed by atoms with E-state index >= 15 is 0 Å². The van der Waals surface area contributed by atoms with Crippen LogP contribution in [0.15, 0.2) is 12.1 Å². The van der Waals surface area contributed by atoms with Gasteiger partial charge >= 0.3 is 0 Å². The number of nitrogen functional groups attached to an aromatic ring is 1. The molecule has 2 N–H and O–H groups in total. The number of pyridine rings is 1. The van der Waals surface area contributed by atoms with Gasteiger partial charge in [0.1, 0.15) is 5.82 Å². The van der Waals surface area contributed by atoms with E-state index in [9.17, 15) is 4.79 Å². The molecule has 1 aliphatic carbocycles. The highest BCUT2D eigenvalue weighted by molar-refractivity contribution is 5.94. The van der Waals surface area contributed by atoms with Gasteiger partial charge in [0.05, 0.1) is 6.61 Å². The van der Waals surface area contributed by atoms with Gasteiger partial charge in [-0.05, 0) is 37.8 Å². The van der Waals surface area contributed by atoms with Crippen LogP contribution in [0.25, 0.3) is 0 Å². The molecule has 5 heteroatoms. The molecule has 5 nitrogen and oxygen atoms in total. The van der Waals surface area contributed by atoms with E-state index in [2.05, 4.69) is 4.98 Å². The quantitative estimate of drug-likeness (QED) is 0.789. The normalized spacial score (nSPS) is 14.4. The van der Waals surface area contributed by atoms with Crippen molar-refractivity contribution in [2.75, 3.05) is 32.5 Å². The monoisotopic (exact) mass is 263 g/mol. The Labute approximate surface area is 113 Å². The van der Waals surface area contributed by atoms with E-state index in [0.29, 0.717) is 24.5 Å². The summed E-state index contributed by atoms with van der Waals surface area (Å²) in [6.45, 7) is 3.82. The molecule has 1 aromatic heterocycles. The van der Waals surface area contributed by atoms with Crippen molar-refractivity contribution in [2.45, 2.75) is 19.8 Å². The predicted octanol–water partition coefficient (Wildman–Crippen LogP) is 1.47. The first kappa shape index (κ1) is 13.8. The van der Waals surface area contributed by atoms with E-state index in [0.717, 1.165) is 18.2 Å². The summed E-state index contributed by atoms with van der Waals surface area (Å²) in [6.07, 6.45) is 2.56. The lowest BCUT2D eigenvalue weighted by atomic mass is 10.2. The van der Waals surface area contributed by atoms with Crippen molar-refractivity contribution >= 4 is 11.7 Å². The Balaban J connectivity index is 1.82. The third kappa shape index (κ3) is 4.21. The largest absolute Gasteiger partial charge is 0.384 e. The van der Waals surface area contributed by atoms with Gasteiger partial charge in [-0.15, -0.1) is 0 Å². The third-order valence-corrected chi connectivity index (χ3v) is 3.19. The second kappa shape index (κ2) is 6.02. The first-order chi connectivity index (χ1) is 9.06. The van der Waals surface area contributed by atoms with Crippen LogP contribution in [0.5, 0.6) is 0 Å². The average molecular weight is 263 g/mol. The molecule has 0 radical (unpaired) electrons. The molecule has 1 aliphatic rings. The van der Waals surface area contributed by atoms with Crippen molar-refractivity contribution in [2.24, 2.45) is 5.92 Å². The number of hydrogen-bond acceptors (Lipinski definition) is 4. The highest BCUT2D eigenvalue weighted by Crippen LogP contribution is 2.28. The summed E-state index contributed by atoms with van der Waals surface area (Å²) in [4.78, 5) is 17.9. The fourth-order valence-electron chi connectivity index (χ4n) is 1.88. The Morgan fingerprint density at radius 1 is 1.53 bits per heavy atom. The molecule has 0 unspecified atom stereocenters. The Kier molecular flexibility index (Phi) is 4.37. The van der Waals surface area contributed by atoms with E-state index in [1.807, 2.05) is 6.92 Å². The number of carbonyl (C=O) groups excluding carboxylic acids is 1. The number of carbonyl (C=O) groups is 1. The van der Waals surface area contributed by atoms with Crippen molar-refractivity contribution in [3.63, 3.8) is 0 Å². The molecule has 1 fully saturated rings. The SMILES string of the molecule is Cc1cc(C(=O)N(C)CCOCC2CC2)cc(N)n1. The van der Waals surface area contributed by atoms with Gasteiger partial charge in [0.15, 0.2) is 0 Å². The van der Waals surface area contributed by atoms with E-state index < -0.39 is 0 Å². The van der Waals surface area contributed by atoms with Crippen LogP contribution in [0.3, 0.4) is 0 Å². The molecule has 2 rings (SSSR count). The van der Waals surface area contributed by atoms with Crippen LogP contribution in [0.1, 0.15) is 28.9 Å². The van der Waals surface area contributed by atoms with Gasteiger partial charge < -0.3 is 15.4 Å². The van der Waals surface area contributed by atoms with E-state index in [1.165, 1.54) is 12.8 Å². The third-order valence-electron chi connectivity index (χ3n) is 3.19. The molecule has 0 bridgehead atoms. The number of rotatable bonds is 6. The zero-order chi connectivity index (χ0) is 13.8. The smallest absolute Gasteiger partial charge is 0.253 e. The summed E-state index contributed by atoms with van der Waals surface area (Å²) >= 11 is 0. The molecular formula is C14H21N3O2. The lowest BCUT2D eigenvalue weighted by Gasteiger charge is -2.17. The van der Waals surface area contributed by atoms with E-state index in [4.69, 9.17) is 10.5 Å². The van der Waals surface area contributed by atoms with Crippen LogP contribution < -0.4 is 5.73 Å². The van der Waals surface area contributed by atoms with Crippen LogP contribution in [-0.4, -0.2) is 42.6 Å². The summed E-state index contributed by atoms with van der Waals surface area (Å²) in [5, 5.41) is 0. The van der Waals surface area contributed by atoms with Gasteiger partial charge in [-0.1, -0.05) is 0 Å². The highest BCUT2D eigenvalue weighted by Gasteiger charge is 2.21. The molecule has 0 atom stereocenters. The fraction of sp³-hybridized carbons (Fsp3) is 0.571. The van der Waals surface area contributed by atoms with Crippen molar-refractivity contribution in [1.82, 2.24) is 9.88 Å². The summed E-state index contributed by atoms with van der Waals surface area (Å²) < 4.78 is 5.53. The first-order valence-corrected chi connectivity index (χ1v) is 6.63. The van der Waals surface area contributed by atoms with Gasteiger partial charge in [-0.2, -0.15) is 0 Å². The Hall–Kier alpha value is -1.62. The van der Waals surface area contributed by atoms with E-state index in [1.54, 1.807) is 24.1 Å². The van der Waals surface area contributed by atoms with Gasteiger partial charge in [0.2, 0.25) is 0 Å². The molecule has 1 heterocycles. The number of amides is 1. The number of nitrogens with zero attached hydrogens (tertiary/aromatic N) is 2. The number of aromatic nitrogens is 1. The second-order valence-electron chi connectivity index (χ2n) is 5.17. The Morgan fingerprint density at radius 2 is 2.26 bits per heavy atom. The average Bonchev–Trinajstić information content (AvgIpc) is 3.16. The van der Waals surface area contributed by atoms with Crippen molar-refractivity contribution in [3.05, 3.63) is 23.4 Å². The van der Waals surface area contributed by atoms with Gasteiger partial charge in [-0.3, -0.25) is 4.79 Å². The molecule has 104 valence electrons.